The van der Waals surface area contributed by atoms with Crippen LogP contribution in [0.25, 0.3) is 0 Å². The molecule has 1 rings (SSSR count). The number of aromatic amines is 1. The number of aliphatic imine (C=N–C) groups is 1. The quantitative estimate of drug-likeness (QED) is 0.0433. The fourth-order valence-electron chi connectivity index (χ4n) is 3.40. The van der Waals surface area contributed by atoms with Crippen molar-refractivity contribution in [3.8, 4) is 0 Å². The molecule has 40 heavy (non-hydrogen) atoms. The van der Waals surface area contributed by atoms with Crippen LogP contribution in [0.2, 0.25) is 0 Å². The van der Waals surface area contributed by atoms with Crippen LogP contribution >= 0.6 is 0 Å². The fourth-order valence-corrected chi connectivity index (χ4v) is 3.40. The molecule has 0 saturated carbocycles. The van der Waals surface area contributed by atoms with Crippen LogP contribution in [0.15, 0.2) is 17.5 Å². The van der Waals surface area contributed by atoms with Crippen LogP contribution in [0, 0.1) is 0 Å². The molecule has 0 aliphatic rings. The Balaban J connectivity index is 2.99. The first-order valence-corrected chi connectivity index (χ1v) is 12.2. The molecule has 0 bridgehead atoms. The minimum atomic E-state index is -1.49. The molecule has 4 atom stereocenters. The number of hydrogen-bond acceptors (Lipinski definition) is 9. The smallest absolute Gasteiger partial charge is 0.326 e. The SMILES string of the molecule is NC(=O)CCC(NC(=O)C(N)Cc1cnc[nH]1)C(=O)NC(CCC(=O)O)C(=O)NC(CCCN=C(N)N)C(=O)O. The molecule has 1 heterocycles. The summed E-state index contributed by atoms with van der Waals surface area (Å²) in [4.78, 5) is 83.0. The Labute approximate surface area is 228 Å². The molecule has 0 radical (unpaired) electrons. The highest BCUT2D eigenvalue weighted by Crippen LogP contribution is 2.06. The molecule has 1 aromatic heterocycles. The topological polar surface area (TPSA) is 324 Å². The number of carbonyl (C=O) groups excluding carboxylic acids is 4. The van der Waals surface area contributed by atoms with E-state index in [0.717, 1.165) is 0 Å². The second kappa shape index (κ2) is 17.0. The molecule has 0 saturated heterocycles. The molecule has 18 heteroatoms. The Morgan fingerprint density at radius 2 is 1.45 bits per heavy atom. The Hall–Kier alpha value is -4.74. The summed E-state index contributed by atoms with van der Waals surface area (Å²) in [6.45, 7) is 0.102. The van der Waals surface area contributed by atoms with Gasteiger partial charge in [0.25, 0.3) is 0 Å². The Morgan fingerprint density at radius 1 is 0.875 bits per heavy atom. The van der Waals surface area contributed by atoms with E-state index in [9.17, 15) is 33.9 Å². The van der Waals surface area contributed by atoms with Crippen LogP contribution in [0.3, 0.4) is 0 Å². The molecule has 0 aliphatic carbocycles. The third kappa shape index (κ3) is 13.2. The monoisotopic (exact) mass is 568 g/mol. The number of guanidine groups is 1. The van der Waals surface area contributed by atoms with Crippen molar-refractivity contribution in [3.05, 3.63) is 18.2 Å². The fraction of sp³-hybridized carbons (Fsp3) is 0.545. The van der Waals surface area contributed by atoms with E-state index in [1.165, 1.54) is 12.5 Å². The maximum absolute atomic E-state index is 13.1. The van der Waals surface area contributed by atoms with E-state index in [-0.39, 0.29) is 44.6 Å². The van der Waals surface area contributed by atoms with Crippen molar-refractivity contribution in [2.75, 3.05) is 6.54 Å². The summed E-state index contributed by atoms with van der Waals surface area (Å²) in [5.74, 6) is -6.26. The molecule has 222 valence electrons. The van der Waals surface area contributed by atoms with Crippen molar-refractivity contribution >= 4 is 41.5 Å². The number of aliphatic carboxylic acids is 2. The van der Waals surface area contributed by atoms with E-state index in [2.05, 4.69) is 30.9 Å². The number of H-pyrrole nitrogens is 1. The zero-order chi connectivity index (χ0) is 30.2. The van der Waals surface area contributed by atoms with Crippen LogP contribution in [-0.4, -0.2) is 92.4 Å². The highest BCUT2D eigenvalue weighted by molar-refractivity contribution is 5.94. The van der Waals surface area contributed by atoms with E-state index in [4.69, 9.17) is 28.0 Å². The molecule has 0 aliphatic heterocycles. The summed E-state index contributed by atoms with van der Waals surface area (Å²) >= 11 is 0. The van der Waals surface area contributed by atoms with Gasteiger partial charge in [-0.25, -0.2) is 9.78 Å². The Kier molecular flexibility index (Phi) is 14.1. The number of aromatic nitrogens is 2. The van der Waals surface area contributed by atoms with E-state index >= 15 is 0 Å². The number of imidazole rings is 1. The Morgan fingerprint density at radius 3 is 1.95 bits per heavy atom. The minimum absolute atomic E-state index is 0.0550. The van der Waals surface area contributed by atoms with E-state index < -0.39 is 72.6 Å². The summed E-state index contributed by atoms with van der Waals surface area (Å²) in [7, 11) is 0. The number of nitrogens with two attached hydrogens (primary N) is 4. The van der Waals surface area contributed by atoms with Gasteiger partial charge in [-0.15, -0.1) is 0 Å². The van der Waals surface area contributed by atoms with E-state index in [1.807, 2.05) is 0 Å². The van der Waals surface area contributed by atoms with E-state index in [1.54, 1.807) is 0 Å². The average Bonchev–Trinajstić information content (AvgIpc) is 3.38. The third-order valence-corrected chi connectivity index (χ3v) is 5.48. The number of primary amides is 1. The largest absolute Gasteiger partial charge is 0.481 e. The first-order chi connectivity index (χ1) is 18.8. The number of carbonyl (C=O) groups is 6. The number of carboxylic acids is 2. The number of hydrogen-bond donors (Lipinski definition) is 10. The van der Waals surface area contributed by atoms with Gasteiger partial charge in [0.15, 0.2) is 5.96 Å². The molecule has 1 aromatic rings. The first kappa shape index (κ1) is 33.3. The molecule has 0 spiro atoms. The predicted molar refractivity (Wildman–Crippen MR) is 139 cm³/mol. The van der Waals surface area contributed by atoms with Crippen LogP contribution in [-0.2, 0) is 35.2 Å². The standard InChI is InChI=1S/C22H36N10O8/c23-12(8-11-9-27-10-29-11)18(36)30-13(3-5-16(24)33)19(37)31-14(4-6-17(34)35)20(38)32-15(21(39)40)2-1-7-28-22(25)26/h9-10,12-15H,1-8,23H2,(H2,24,33)(H,27,29)(H,30,36)(H,31,37)(H,32,38)(H,34,35)(H,39,40)(H4,25,26,28). The van der Waals surface area contributed by atoms with Gasteiger partial charge in [-0.3, -0.25) is 29.0 Å². The first-order valence-electron chi connectivity index (χ1n) is 12.2. The second-order valence-electron chi connectivity index (χ2n) is 8.80. The molecule has 4 amide bonds. The zero-order valence-electron chi connectivity index (χ0n) is 21.7. The second-order valence-corrected chi connectivity index (χ2v) is 8.80. The van der Waals surface area contributed by atoms with Gasteiger partial charge in [-0.05, 0) is 25.7 Å². The van der Waals surface area contributed by atoms with Gasteiger partial charge in [-0.2, -0.15) is 0 Å². The number of nitrogens with one attached hydrogen (secondary N) is 4. The van der Waals surface area contributed by atoms with Crippen LogP contribution in [0.5, 0.6) is 0 Å². The lowest BCUT2D eigenvalue weighted by molar-refractivity contribution is -0.143. The predicted octanol–water partition coefficient (Wildman–Crippen LogP) is -4.00. The third-order valence-electron chi connectivity index (χ3n) is 5.48. The lowest BCUT2D eigenvalue weighted by atomic mass is 10.1. The van der Waals surface area contributed by atoms with Crippen molar-refractivity contribution in [2.45, 2.75) is 69.1 Å². The molecule has 0 aromatic carbocycles. The normalized spacial score (nSPS) is 13.6. The van der Waals surface area contributed by atoms with Gasteiger partial charge in [0.05, 0.1) is 12.4 Å². The number of rotatable bonds is 19. The van der Waals surface area contributed by atoms with Crippen LogP contribution in [0.1, 0.15) is 44.2 Å². The van der Waals surface area contributed by atoms with Crippen molar-refractivity contribution in [2.24, 2.45) is 27.9 Å². The van der Waals surface area contributed by atoms with Gasteiger partial charge < -0.3 is 54.1 Å². The van der Waals surface area contributed by atoms with Gasteiger partial charge in [0.2, 0.25) is 23.6 Å². The van der Waals surface area contributed by atoms with Crippen molar-refractivity contribution < 1.29 is 39.0 Å². The van der Waals surface area contributed by atoms with Crippen molar-refractivity contribution in [1.82, 2.24) is 25.9 Å². The summed E-state index contributed by atoms with van der Waals surface area (Å²) in [6.07, 6.45) is 1.53. The lowest BCUT2D eigenvalue weighted by Crippen LogP contribution is -2.57. The number of nitrogens with zero attached hydrogens (tertiary/aromatic N) is 2. The van der Waals surface area contributed by atoms with Gasteiger partial charge in [-0.1, -0.05) is 0 Å². The van der Waals surface area contributed by atoms with Crippen molar-refractivity contribution in [1.29, 1.82) is 0 Å². The maximum atomic E-state index is 13.1. The Bertz CT molecular complexity index is 1060. The molecular weight excluding hydrogens is 532 g/mol. The molecule has 14 N–H and O–H groups in total. The lowest BCUT2D eigenvalue weighted by Gasteiger charge is -2.25. The summed E-state index contributed by atoms with van der Waals surface area (Å²) in [6, 6.07) is -5.36. The minimum Gasteiger partial charge on any atom is -0.481 e. The van der Waals surface area contributed by atoms with Crippen LogP contribution < -0.4 is 38.9 Å². The molecular formula is C22H36N10O8. The highest BCUT2D eigenvalue weighted by Gasteiger charge is 2.31. The summed E-state index contributed by atoms with van der Waals surface area (Å²) < 4.78 is 0. The number of amides is 4. The van der Waals surface area contributed by atoms with Gasteiger partial charge in [0, 0.05) is 37.7 Å². The summed E-state index contributed by atoms with van der Waals surface area (Å²) in [5.41, 5.74) is 22.1. The maximum Gasteiger partial charge on any atom is 0.326 e. The molecule has 0 fully saturated rings. The van der Waals surface area contributed by atoms with Gasteiger partial charge >= 0.3 is 11.9 Å². The summed E-state index contributed by atoms with van der Waals surface area (Å²) in [5, 5.41) is 25.5. The number of carboxylic acid groups (broad SMARTS) is 2. The molecule has 18 nitrogen and oxygen atoms in total. The van der Waals surface area contributed by atoms with Crippen molar-refractivity contribution in [3.63, 3.8) is 0 Å². The van der Waals surface area contributed by atoms with Gasteiger partial charge in [0.1, 0.15) is 18.1 Å². The molecule has 4 unspecified atom stereocenters. The van der Waals surface area contributed by atoms with Crippen LogP contribution in [0.4, 0.5) is 0 Å². The highest BCUT2D eigenvalue weighted by atomic mass is 16.4. The van der Waals surface area contributed by atoms with E-state index in [0.29, 0.717) is 5.69 Å². The zero-order valence-corrected chi connectivity index (χ0v) is 21.7. The average molecular weight is 569 g/mol.